The Labute approximate surface area is 113 Å². The van der Waals surface area contributed by atoms with Crippen LogP contribution in [-0.2, 0) is 0 Å². The first-order valence-corrected chi connectivity index (χ1v) is 7.90. The predicted molar refractivity (Wildman–Crippen MR) is 78.0 cm³/mol. The molecule has 2 aliphatic rings. The van der Waals surface area contributed by atoms with E-state index in [1.165, 1.54) is 65.1 Å². The fraction of sp³-hybridized carbons (Fsp3) is 1.00. The minimum atomic E-state index is 0.568. The van der Waals surface area contributed by atoms with Gasteiger partial charge in [-0.3, -0.25) is 4.90 Å². The van der Waals surface area contributed by atoms with Gasteiger partial charge in [0.25, 0.3) is 0 Å². The normalized spacial score (nSPS) is 33.7. The van der Waals surface area contributed by atoms with E-state index in [1.54, 1.807) is 0 Å². The summed E-state index contributed by atoms with van der Waals surface area (Å²) < 4.78 is 0. The van der Waals surface area contributed by atoms with E-state index in [0.717, 1.165) is 6.04 Å². The number of nitrogens with zero attached hydrogens (tertiary/aromatic N) is 2. The smallest absolute Gasteiger partial charge is 0.0235 e. The third-order valence-corrected chi connectivity index (χ3v) is 5.22. The molecule has 18 heavy (non-hydrogen) atoms. The molecule has 0 aliphatic carbocycles. The summed E-state index contributed by atoms with van der Waals surface area (Å²) >= 11 is 0. The summed E-state index contributed by atoms with van der Waals surface area (Å²) in [7, 11) is 0. The van der Waals surface area contributed by atoms with Crippen LogP contribution in [0.25, 0.3) is 0 Å². The van der Waals surface area contributed by atoms with Crippen LogP contribution in [0, 0.1) is 5.41 Å². The quantitative estimate of drug-likeness (QED) is 0.778. The Balaban J connectivity index is 1.85. The van der Waals surface area contributed by atoms with Gasteiger partial charge in [-0.2, -0.15) is 0 Å². The fourth-order valence-electron chi connectivity index (χ4n) is 3.81. The molecule has 2 atom stereocenters. The van der Waals surface area contributed by atoms with Crippen LogP contribution < -0.4 is 5.32 Å². The maximum absolute atomic E-state index is 3.56. The molecule has 0 spiro atoms. The molecule has 2 fully saturated rings. The second-order valence-electron chi connectivity index (χ2n) is 6.18. The molecule has 2 unspecified atom stereocenters. The third kappa shape index (κ3) is 3.06. The molecule has 0 bridgehead atoms. The van der Waals surface area contributed by atoms with Crippen molar-refractivity contribution in [2.75, 3.05) is 45.8 Å². The highest BCUT2D eigenvalue weighted by Gasteiger charge is 2.36. The lowest BCUT2D eigenvalue weighted by atomic mass is 9.84. The molecule has 3 heteroatoms. The van der Waals surface area contributed by atoms with Crippen molar-refractivity contribution in [1.29, 1.82) is 0 Å². The van der Waals surface area contributed by atoms with Crippen LogP contribution in [0.1, 0.15) is 40.0 Å². The highest BCUT2D eigenvalue weighted by atomic mass is 15.3. The summed E-state index contributed by atoms with van der Waals surface area (Å²) in [5, 5.41) is 3.56. The van der Waals surface area contributed by atoms with E-state index in [2.05, 4.69) is 35.9 Å². The number of hydrogen-bond acceptors (Lipinski definition) is 3. The van der Waals surface area contributed by atoms with Crippen molar-refractivity contribution >= 4 is 0 Å². The molecule has 0 saturated carbocycles. The lowest BCUT2D eigenvalue weighted by molar-refractivity contribution is 0.162. The minimum absolute atomic E-state index is 0.568. The Bertz CT molecular complexity index is 244. The highest BCUT2D eigenvalue weighted by molar-refractivity contribution is 4.92. The van der Waals surface area contributed by atoms with Gasteiger partial charge in [-0.15, -0.1) is 0 Å². The lowest BCUT2D eigenvalue weighted by Gasteiger charge is -2.33. The van der Waals surface area contributed by atoms with Gasteiger partial charge in [-0.05, 0) is 50.9 Å². The van der Waals surface area contributed by atoms with Gasteiger partial charge in [0.15, 0.2) is 0 Å². The molecule has 3 nitrogen and oxygen atoms in total. The molecule has 0 aromatic heterocycles. The average Bonchev–Trinajstić information content (AvgIpc) is 3.02. The van der Waals surface area contributed by atoms with Crippen molar-refractivity contribution in [1.82, 2.24) is 15.1 Å². The van der Waals surface area contributed by atoms with Crippen molar-refractivity contribution in [3.8, 4) is 0 Å². The largest absolute Gasteiger partial charge is 0.316 e. The Morgan fingerprint density at radius 3 is 2.61 bits per heavy atom. The number of hydrogen-bond donors (Lipinski definition) is 1. The van der Waals surface area contributed by atoms with Crippen molar-refractivity contribution < 1.29 is 0 Å². The Morgan fingerprint density at radius 1 is 1.28 bits per heavy atom. The van der Waals surface area contributed by atoms with Gasteiger partial charge >= 0.3 is 0 Å². The zero-order chi connectivity index (χ0) is 13.0. The van der Waals surface area contributed by atoms with Gasteiger partial charge in [0.05, 0.1) is 0 Å². The van der Waals surface area contributed by atoms with E-state index < -0.39 is 0 Å². The molecule has 0 aromatic carbocycles. The lowest BCUT2D eigenvalue weighted by Crippen LogP contribution is -2.41. The van der Waals surface area contributed by atoms with E-state index in [4.69, 9.17) is 0 Å². The second-order valence-corrected chi connectivity index (χ2v) is 6.18. The molecule has 1 N–H and O–H groups in total. The molecule has 106 valence electrons. The molecule has 2 heterocycles. The first kappa shape index (κ1) is 14.3. The average molecular weight is 253 g/mol. The van der Waals surface area contributed by atoms with Crippen LogP contribution >= 0.6 is 0 Å². The van der Waals surface area contributed by atoms with Gasteiger partial charge in [-0.25, -0.2) is 0 Å². The van der Waals surface area contributed by atoms with Gasteiger partial charge in [0.2, 0.25) is 0 Å². The minimum Gasteiger partial charge on any atom is -0.316 e. The highest BCUT2D eigenvalue weighted by Crippen LogP contribution is 2.32. The van der Waals surface area contributed by atoms with Crippen LogP contribution in [0.2, 0.25) is 0 Å². The molecule has 2 rings (SSSR count). The number of likely N-dealkylation sites (tertiary alicyclic amines) is 1. The predicted octanol–water partition coefficient (Wildman–Crippen LogP) is 1.79. The van der Waals surface area contributed by atoms with Crippen LogP contribution in [0.5, 0.6) is 0 Å². The van der Waals surface area contributed by atoms with Gasteiger partial charge in [0.1, 0.15) is 0 Å². The standard InChI is InChI=1S/C15H31N3/c1-4-15(8-9-16-12-15)13-17-10-7-14(11-17)18(5-2)6-3/h14,16H,4-13H2,1-3H3. The van der Waals surface area contributed by atoms with Crippen LogP contribution in [-0.4, -0.2) is 61.7 Å². The van der Waals surface area contributed by atoms with E-state index in [0.29, 0.717) is 5.41 Å². The second kappa shape index (κ2) is 6.36. The first-order chi connectivity index (χ1) is 8.73. The van der Waals surface area contributed by atoms with Gasteiger partial charge in [-0.1, -0.05) is 20.8 Å². The molecule has 0 radical (unpaired) electrons. The van der Waals surface area contributed by atoms with Crippen molar-refractivity contribution in [2.45, 2.75) is 46.1 Å². The summed E-state index contributed by atoms with van der Waals surface area (Å²) in [4.78, 5) is 5.35. The van der Waals surface area contributed by atoms with Gasteiger partial charge in [0, 0.05) is 25.7 Å². The van der Waals surface area contributed by atoms with E-state index in [1.807, 2.05) is 0 Å². The molecule has 0 aromatic rings. The number of rotatable bonds is 6. The number of likely N-dealkylation sites (N-methyl/N-ethyl adjacent to an activating group) is 1. The van der Waals surface area contributed by atoms with Gasteiger partial charge < -0.3 is 10.2 Å². The maximum Gasteiger partial charge on any atom is 0.0235 e. The zero-order valence-electron chi connectivity index (χ0n) is 12.5. The SMILES string of the molecule is CCN(CC)C1CCN(CC2(CC)CCNC2)C1. The van der Waals surface area contributed by atoms with Crippen molar-refractivity contribution in [3.63, 3.8) is 0 Å². The summed E-state index contributed by atoms with van der Waals surface area (Å²) in [5.74, 6) is 0. The van der Waals surface area contributed by atoms with Crippen LogP contribution in [0.4, 0.5) is 0 Å². The first-order valence-electron chi connectivity index (χ1n) is 7.90. The summed E-state index contributed by atoms with van der Waals surface area (Å²) in [5.41, 5.74) is 0.568. The monoisotopic (exact) mass is 253 g/mol. The Morgan fingerprint density at radius 2 is 2.06 bits per heavy atom. The topological polar surface area (TPSA) is 18.5 Å². The van der Waals surface area contributed by atoms with Crippen molar-refractivity contribution in [2.24, 2.45) is 5.41 Å². The molecular weight excluding hydrogens is 222 g/mol. The van der Waals surface area contributed by atoms with Crippen LogP contribution in [0.3, 0.4) is 0 Å². The zero-order valence-corrected chi connectivity index (χ0v) is 12.5. The molecule has 0 amide bonds. The maximum atomic E-state index is 3.56. The van der Waals surface area contributed by atoms with Crippen LogP contribution in [0.15, 0.2) is 0 Å². The molecular formula is C15H31N3. The summed E-state index contributed by atoms with van der Waals surface area (Å²) in [6, 6.07) is 0.809. The Hall–Kier alpha value is -0.120. The fourth-order valence-corrected chi connectivity index (χ4v) is 3.81. The van der Waals surface area contributed by atoms with E-state index in [9.17, 15) is 0 Å². The molecule has 2 aliphatic heterocycles. The summed E-state index contributed by atoms with van der Waals surface area (Å²) in [6.45, 7) is 15.7. The van der Waals surface area contributed by atoms with E-state index in [-0.39, 0.29) is 0 Å². The van der Waals surface area contributed by atoms with E-state index >= 15 is 0 Å². The summed E-state index contributed by atoms with van der Waals surface area (Å²) in [6.07, 6.45) is 4.07. The molecule has 2 saturated heterocycles. The third-order valence-electron chi connectivity index (χ3n) is 5.22. The Kier molecular flexibility index (Phi) is 5.05. The van der Waals surface area contributed by atoms with Crippen molar-refractivity contribution in [3.05, 3.63) is 0 Å². The number of nitrogens with one attached hydrogen (secondary N) is 1.